The van der Waals surface area contributed by atoms with Crippen molar-refractivity contribution in [2.75, 3.05) is 5.32 Å². The van der Waals surface area contributed by atoms with Crippen molar-refractivity contribution in [3.8, 4) is 0 Å². The molecule has 0 aliphatic rings. The minimum absolute atomic E-state index is 0.0533. The average molecular weight is 288 g/mol. The largest absolute Gasteiger partial charge is 0.388 e. The molecule has 2 aromatic rings. The first kappa shape index (κ1) is 14.6. The first-order valence-corrected chi connectivity index (χ1v) is 6.22. The summed E-state index contributed by atoms with van der Waals surface area (Å²) in [5, 5.41) is 3.08. The lowest BCUT2D eigenvalue weighted by atomic mass is 10.2. The van der Waals surface area contributed by atoms with Crippen molar-refractivity contribution in [2.45, 2.75) is 13.5 Å². The number of carbonyl (C=O) groups excluding carboxylic acids is 2. The van der Waals surface area contributed by atoms with E-state index < -0.39 is 11.9 Å². The fraction of sp³-hybridized carbons (Fsp3) is 0.133. The van der Waals surface area contributed by atoms with Gasteiger partial charge in [0.15, 0.2) is 0 Å². The highest BCUT2D eigenvalue weighted by Gasteiger charge is 2.10. The van der Waals surface area contributed by atoms with Gasteiger partial charge in [0.25, 0.3) is 0 Å². The van der Waals surface area contributed by atoms with E-state index in [2.05, 4.69) is 15.0 Å². The molecule has 0 aliphatic heterocycles. The highest BCUT2D eigenvalue weighted by Crippen LogP contribution is 2.10. The summed E-state index contributed by atoms with van der Waals surface area (Å²) in [6.07, 6.45) is 1.46. The maximum Gasteiger partial charge on any atom is 0.364 e. The van der Waals surface area contributed by atoms with Gasteiger partial charge in [-0.25, -0.2) is 14.2 Å². The molecule has 0 unspecified atom stereocenters. The molecule has 1 aromatic carbocycles. The van der Waals surface area contributed by atoms with Gasteiger partial charge in [-0.3, -0.25) is 4.79 Å². The Balaban J connectivity index is 1.94. The van der Waals surface area contributed by atoms with Gasteiger partial charge in [-0.05, 0) is 29.8 Å². The Hall–Kier alpha value is -2.76. The molecule has 0 bridgehead atoms. The van der Waals surface area contributed by atoms with Crippen molar-refractivity contribution in [3.63, 3.8) is 0 Å². The van der Waals surface area contributed by atoms with Crippen molar-refractivity contribution in [3.05, 3.63) is 59.7 Å². The summed E-state index contributed by atoms with van der Waals surface area (Å²) in [5.74, 6) is -1.75. The predicted molar refractivity (Wildman–Crippen MR) is 74.1 cm³/mol. The summed E-state index contributed by atoms with van der Waals surface area (Å²) in [4.78, 5) is 26.0. The number of rotatable bonds is 4. The standard InChI is InChI=1S/C15H13FN2O3/c1-10(19)21-15(20)14-7-6-13(9-18-14)17-8-11-2-4-12(16)5-3-11/h2-7,9,17H,8H2,1H3. The van der Waals surface area contributed by atoms with E-state index >= 15 is 0 Å². The number of ether oxygens (including phenoxy) is 1. The third-order valence-corrected chi connectivity index (χ3v) is 2.62. The normalized spacial score (nSPS) is 10.0. The van der Waals surface area contributed by atoms with Gasteiger partial charge in [0.1, 0.15) is 11.5 Å². The van der Waals surface area contributed by atoms with E-state index in [0.29, 0.717) is 12.2 Å². The number of benzene rings is 1. The van der Waals surface area contributed by atoms with Gasteiger partial charge in [0, 0.05) is 13.5 Å². The fourth-order valence-corrected chi connectivity index (χ4v) is 1.61. The number of esters is 2. The number of nitrogens with one attached hydrogen (secondary N) is 1. The average Bonchev–Trinajstić information content (AvgIpc) is 2.46. The minimum atomic E-state index is -0.785. The zero-order valence-electron chi connectivity index (χ0n) is 11.3. The van der Waals surface area contributed by atoms with E-state index in [1.165, 1.54) is 24.4 Å². The summed E-state index contributed by atoms with van der Waals surface area (Å²) in [7, 11) is 0. The monoisotopic (exact) mass is 288 g/mol. The van der Waals surface area contributed by atoms with E-state index in [0.717, 1.165) is 12.5 Å². The van der Waals surface area contributed by atoms with Gasteiger partial charge in [-0.15, -0.1) is 0 Å². The van der Waals surface area contributed by atoms with E-state index in [-0.39, 0.29) is 11.5 Å². The van der Waals surface area contributed by atoms with Crippen LogP contribution in [0.4, 0.5) is 10.1 Å². The maximum absolute atomic E-state index is 12.8. The summed E-state index contributed by atoms with van der Waals surface area (Å²) in [5.41, 5.74) is 1.66. The summed E-state index contributed by atoms with van der Waals surface area (Å²) < 4.78 is 17.2. The molecule has 0 saturated heterocycles. The molecule has 0 amide bonds. The quantitative estimate of drug-likeness (QED) is 0.691. The molecule has 0 aliphatic carbocycles. The lowest BCUT2D eigenvalue weighted by Crippen LogP contribution is -2.11. The number of pyridine rings is 1. The molecule has 5 nitrogen and oxygen atoms in total. The number of hydrogen-bond donors (Lipinski definition) is 1. The Morgan fingerprint density at radius 2 is 1.90 bits per heavy atom. The van der Waals surface area contributed by atoms with E-state index in [1.807, 2.05) is 0 Å². The van der Waals surface area contributed by atoms with Crippen LogP contribution in [0.5, 0.6) is 0 Å². The van der Waals surface area contributed by atoms with E-state index in [1.54, 1.807) is 18.2 Å². The van der Waals surface area contributed by atoms with Crippen LogP contribution in [-0.4, -0.2) is 16.9 Å². The molecule has 6 heteroatoms. The Kier molecular flexibility index (Phi) is 4.61. The topological polar surface area (TPSA) is 68.3 Å². The number of carbonyl (C=O) groups is 2. The second kappa shape index (κ2) is 6.60. The van der Waals surface area contributed by atoms with Gasteiger partial charge in [-0.2, -0.15) is 0 Å². The third-order valence-electron chi connectivity index (χ3n) is 2.62. The summed E-state index contributed by atoms with van der Waals surface area (Å²) in [6, 6.07) is 9.22. The Morgan fingerprint density at radius 1 is 1.19 bits per heavy atom. The van der Waals surface area contributed by atoms with Gasteiger partial charge >= 0.3 is 11.9 Å². The molecule has 0 atom stereocenters. The number of aromatic nitrogens is 1. The lowest BCUT2D eigenvalue weighted by Gasteiger charge is -2.06. The lowest BCUT2D eigenvalue weighted by molar-refractivity contribution is -0.135. The van der Waals surface area contributed by atoms with Crippen LogP contribution in [-0.2, 0) is 16.1 Å². The van der Waals surface area contributed by atoms with Crippen molar-refractivity contribution < 1.29 is 18.7 Å². The molecule has 0 radical (unpaired) electrons. The van der Waals surface area contributed by atoms with Crippen molar-refractivity contribution >= 4 is 17.6 Å². The smallest absolute Gasteiger partial charge is 0.364 e. The highest BCUT2D eigenvalue weighted by molar-refractivity contribution is 5.94. The first-order valence-electron chi connectivity index (χ1n) is 6.22. The molecule has 1 N–H and O–H groups in total. The number of halogens is 1. The van der Waals surface area contributed by atoms with Crippen LogP contribution in [0, 0.1) is 5.82 Å². The van der Waals surface area contributed by atoms with Crippen LogP contribution in [0.3, 0.4) is 0 Å². The molecule has 2 rings (SSSR count). The van der Waals surface area contributed by atoms with E-state index in [4.69, 9.17) is 0 Å². The Labute approximate surface area is 120 Å². The number of anilines is 1. The summed E-state index contributed by atoms with van der Waals surface area (Å²) >= 11 is 0. The molecule has 0 saturated carbocycles. The van der Waals surface area contributed by atoms with Crippen LogP contribution in [0.25, 0.3) is 0 Å². The summed E-state index contributed by atoms with van der Waals surface area (Å²) in [6.45, 7) is 1.65. The van der Waals surface area contributed by atoms with Crippen molar-refractivity contribution in [1.29, 1.82) is 0 Å². The molecular weight excluding hydrogens is 275 g/mol. The van der Waals surface area contributed by atoms with Crippen LogP contribution < -0.4 is 5.32 Å². The van der Waals surface area contributed by atoms with Gasteiger partial charge in [0.05, 0.1) is 11.9 Å². The van der Waals surface area contributed by atoms with Gasteiger partial charge in [0.2, 0.25) is 0 Å². The van der Waals surface area contributed by atoms with Gasteiger partial charge in [-0.1, -0.05) is 12.1 Å². The highest BCUT2D eigenvalue weighted by atomic mass is 19.1. The van der Waals surface area contributed by atoms with Crippen LogP contribution >= 0.6 is 0 Å². The maximum atomic E-state index is 12.8. The third kappa shape index (κ3) is 4.38. The minimum Gasteiger partial charge on any atom is -0.388 e. The molecule has 1 heterocycles. The van der Waals surface area contributed by atoms with Gasteiger partial charge < -0.3 is 10.1 Å². The van der Waals surface area contributed by atoms with Crippen LogP contribution in [0.15, 0.2) is 42.6 Å². The van der Waals surface area contributed by atoms with Crippen molar-refractivity contribution in [1.82, 2.24) is 4.98 Å². The van der Waals surface area contributed by atoms with Crippen LogP contribution in [0.1, 0.15) is 23.0 Å². The number of nitrogens with zero attached hydrogens (tertiary/aromatic N) is 1. The van der Waals surface area contributed by atoms with E-state index in [9.17, 15) is 14.0 Å². The zero-order valence-corrected chi connectivity index (χ0v) is 11.3. The SMILES string of the molecule is CC(=O)OC(=O)c1ccc(NCc2ccc(F)cc2)cn1. The predicted octanol–water partition coefficient (Wildman–Crippen LogP) is 2.54. The fourth-order valence-electron chi connectivity index (χ4n) is 1.61. The Bertz CT molecular complexity index is 639. The molecule has 108 valence electrons. The molecule has 0 fully saturated rings. The first-order chi connectivity index (χ1) is 10.0. The Morgan fingerprint density at radius 3 is 2.48 bits per heavy atom. The second-order valence-corrected chi connectivity index (χ2v) is 4.29. The molecule has 21 heavy (non-hydrogen) atoms. The van der Waals surface area contributed by atoms with Crippen LogP contribution in [0.2, 0.25) is 0 Å². The molecule has 1 aromatic heterocycles. The van der Waals surface area contributed by atoms with Crippen molar-refractivity contribution in [2.24, 2.45) is 0 Å². The second-order valence-electron chi connectivity index (χ2n) is 4.29. The molecular formula is C15H13FN2O3. The number of hydrogen-bond acceptors (Lipinski definition) is 5. The molecule has 0 spiro atoms. The zero-order chi connectivity index (χ0) is 15.2.